The first-order chi connectivity index (χ1) is 12.9. The minimum Gasteiger partial charge on any atom is -0.335 e. The lowest BCUT2D eigenvalue weighted by atomic mass is 10.2. The first-order valence-corrected chi connectivity index (χ1v) is 8.12. The Balaban J connectivity index is 1.80. The van der Waals surface area contributed by atoms with Crippen molar-refractivity contribution >= 4 is 34.7 Å². The van der Waals surface area contributed by atoms with Gasteiger partial charge < -0.3 is 16.0 Å². The number of para-hydroxylation sites is 1. The Morgan fingerprint density at radius 3 is 2.19 bits per heavy atom. The molecule has 0 saturated carbocycles. The third kappa shape index (κ3) is 4.75. The van der Waals surface area contributed by atoms with Gasteiger partial charge in [0.05, 0.1) is 0 Å². The van der Waals surface area contributed by atoms with Crippen molar-refractivity contribution in [3.05, 3.63) is 65.9 Å². The zero-order valence-corrected chi connectivity index (χ0v) is 14.7. The number of aromatic nitrogens is 2. The van der Waals surface area contributed by atoms with Crippen LogP contribution < -0.4 is 16.0 Å². The Hall–Kier alpha value is -3.55. The van der Waals surface area contributed by atoms with E-state index in [-0.39, 0.29) is 23.4 Å². The average molecular weight is 369 g/mol. The molecule has 27 heavy (non-hydrogen) atoms. The number of carbonyl (C=O) groups is 1. The summed E-state index contributed by atoms with van der Waals surface area (Å²) in [4.78, 5) is 19.6. The lowest BCUT2D eigenvalue weighted by Gasteiger charge is -2.11. The number of nitrogens with zero attached hydrogens (tertiary/aromatic N) is 2. The quantitative estimate of drug-likeness (QED) is 0.617. The molecule has 3 aromatic rings. The molecule has 0 unspecified atom stereocenters. The van der Waals surface area contributed by atoms with Gasteiger partial charge in [-0.2, -0.15) is 4.98 Å². The monoisotopic (exact) mass is 369 g/mol. The molecule has 138 valence electrons. The maximum Gasteiger partial charge on any atom is 0.229 e. The smallest absolute Gasteiger partial charge is 0.229 e. The average Bonchev–Trinajstić information content (AvgIpc) is 2.59. The van der Waals surface area contributed by atoms with Gasteiger partial charge in [-0.15, -0.1) is 0 Å². The van der Waals surface area contributed by atoms with Crippen LogP contribution >= 0.6 is 0 Å². The highest BCUT2D eigenvalue weighted by Gasteiger charge is 2.10. The van der Waals surface area contributed by atoms with Crippen LogP contribution in [0.25, 0.3) is 0 Å². The second kappa shape index (κ2) is 7.77. The summed E-state index contributed by atoms with van der Waals surface area (Å²) in [6.07, 6.45) is 0. The van der Waals surface area contributed by atoms with Gasteiger partial charge in [0.15, 0.2) is 0 Å². The van der Waals surface area contributed by atoms with E-state index in [0.29, 0.717) is 17.1 Å². The molecule has 0 saturated heterocycles. The van der Waals surface area contributed by atoms with Crippen LogP contribution in [0.15, 0.2) is 48.5 Å². The summed E-state index contributed by atoms with van der Waals surface area (Å²) in [6, 6.07) is 12.2. The van der Waals surface area contributed by atoms with Gasteiger partial charge in [-0.25, -0.2) is 13.8 Å². The number of halogens is 2. The summed E-state index contributed by atoms with van der Waals surface area (Å²) in [5, 5.41) is 8.34. The van der Waals surface area contributed by atoms with E-state index in [4.69, 9.17) is 0 Å². The number of hydrogen-bond acceptors (Lipinski definition) is 5. The second-order valence-electron chi connectivity index (χ2n) is 5.82. The van der Waals surface area contributed by atoms with Gasteiger partial charge in [-0.05, 0) is 43.3 Å². The number of hydrogen-bond donors (Lipinski definition) is 3. The highest BCUT2D eigenvalue weighted by atomic mass is 19.1. The lowest BCUT2D eigenvalue weighted by Crippen LogP contribution is -2.06. The molecular weight excluding hydrogens is 352 g/mol. The van der Waals surface area contributed by atoms with Gasteiger partial charge in [0.25, 0.3) is 0 Å². The van der Waals surface area contributed by atoms with Crippen LogP contribution in [0.1, 0.15) is 12.6 Å². The van der Waals surface area contributed by atoms with Crippen LogP contribution in [0.5, 0.6) is 0 Å². The van der Waals surface area contributed by atoms with Crippen LogP contribution in [0, 0.1) is 18.6 Å². The summed E-state index contributed by atoms with van der Waals surface area (Å²) in [5.41, 5.74) is 1.69. The lowest BCUT2D eigenvalue weighted by molar-refractivity contribution is -0.114. The molecule has 0 bridgehead atoms. The molecule has 0 spiro atoms. The van der Waals surface area contributed by atoms with Gasteiger partial charge in [0.2, 0.25) is 11.9 Å². The fourth-order valence-electron chi connectivity index (χ4n) is 2.40. The second-order valence-corrected chi connectivity index (χ2v) is 5.82. The Morgan fingerprint density at radius 2 is 1.56 bits per heavy atom. The minimum atomic E-state index is -0.714. The number of amides is 1. The summed E-state index contributed by atoms with van der Waals surface area (Å²) in [6.45, 7) is 3.18. The van der Waals surface area contributed by atoms with Crippen molar-refractivity contribution in [2.75, 3.05) is 16.0 Å². The van der Waals surface area contributed by atoms with Gasteiger partial charge in [-0.1, -0.05) is 6.07 Å². The van der Waals surface area contributed by atoms with E-state index in [1.165, 1.54) is 13.0 Å². The van der Waals surface area contributed by atoms with Crippen molar-refractivity contribution in [2.24, 2.45) is 0 Å². The Morgan fingerprint density at radius 1 is 0.926 bits per heavy atom. The van der Waals surface area contributed by atoms with Crippen molar-refractivity contribution in [2.45, 2.75) is 13.8 Å². The third-order valence-electron chi connectivity index (χ3n) is 3.53. The van der Waals surface area contributed by atoms with Gasteiger partial charge in [0, 0.05) is 30.1 Å². The van der Waals surface area contributed by atoms with Gasteiger partial charge in [-0.3, -0.25) is 4.79 Å². The summed E-state index contributed by atoms with van der Waals surface area (Å²) >= 11 is 0. The highest BCUT2D eigenvalue weighted by molar-refractivity contribution is 5.88. The first-order valence-electron chi connectivity index (χ1n) is 8.12. The maximum atomic E-state index is 13.8. The predicted molar refractivity (Wildman–Crippen MR) is 100 cm³/mol. The van der Waals surface area contributed by atoms with E-state index in [0.717, 1.165) is 12.1 Å². The molecule has 0 radical (unpaired) electrons. The van der Waals surface area contributed by atoms with E-state index in [9.17, 15) is 13.6 Å². The number of benzene rings is 2. The highest BCUT2D eigenvalue weighted by Crippen LogP contribution is 2.24. The topological polar surface area (TPSA) is 78.9 Å². The molecule has 0 atom stereocenters. The first kappa shape index (κ1) is 18.2. The fraction of sp³-hybridized carbons (Fsp3) is 0.105. The summed E-state index contributed by atoms with van der Waals surface area (Å²) in [7, 11) is 0. The van der Waals surface area contributed by atoms with Crippen LogP contribution in [0.2, 0.25) is 0 Å². The van der Waals surface area contributed by atoms with Crippen LogP contribution in [0.4, 0.5) is 37.6 Å². The van der Waals surface area contributed by atoms with E-state index in [2.05, 4.69) is 25.9 Å². The van der Waals surface area contributed by atoms with Gasteiger partial charge in [0.1, 0.15) is 23.1 Å². The number of anilines is 5. The largest absolute Gasteiger partial charge is 0.335 e. The molecule has 0 aliphatic heterocycles. The Bertz CT molecular complexity index is 956. The number of nitrogens with one attached hydrogen (secondary N) is 3. The molecule has 0 aliphatic rings. The maximum absolute atomic E-state index is 13.8. The fourth-order valence-corrected chi connectivity index (χ4v) is 2.40. The van der Waals surface area contributed by atoms with Crippen molar-refractivity contribution < 1.29 is 13.6 Å². The SMILES string of the molecule is CC(=O)Nc1ccc(Nc2nc(C)cc(Nc3c(F)cccc3F)n2)cc1. The molecule has 3 rings (SSSR count). The molecular formula is C19H17F2N5O. The van der Waals surface area contributed by atoms with E-state index in [1.807, 2.05) is 0 Å². The summed E-state index contributed by atoms with van der Waals surface area (Å²) < 4.78 is 27.6. The van der Waals surface area contributed by atoms with Crippen LogP contribution in [-0.4, -0.2) is 15.9 Å². The number of carbonyl (C=O) groups excluding carboxylic acids is 1. The van der Waals surface area contributed by atoms with Crippen LogP contribution in [-0.2, 0) is 4.79 Å². The molecule has 1 aromatic heterocycles. The molecule has 1 heterocycles. The normalized spacial score (nSPS) is 10.4. The minimum absolute atomic E-state index is 0.159. The molecule has 6 nitrogen and oxygen atoms in total. The van der Waals surface area contributed by atoms with Crippen molar-refractivity contribution in [1.29, 1.82) is 0 Å². The summed E-state index contributed by atoms with van der Waals surface area (Å²) in [5.74, 6) is -1.07. The van der Waals surface area contributed by atoms with Gasteiger partial charge >= 0.3 is 0 Å². The van der Waals surface area contributed by atoms with E-state index >= 15 is 0 Å². The molecule has 2 aromatic carbocycles. The van der Waals surface area contributed by atoms with E-state index < -0.39 is 11.6 Å². The van der Waals surface area contributed by atoms with Crippen molar-refractivity contribution in [3.8, 4) is 0 Å². The predicted octanol–water partition coefficient (Wildman–Crippen LogP) is 4.51. The Kier molecular flexibility index (Phi) is 5.25. The zero-order valence-electron chi connectivity index (χ0n) is 14.7. The van der Waals surface area contributed by atoms with Crippen molar-refractivity contribution in [3.63, 3.8) is 0 Å². The number of aryl methyl sites for hydroxylation is 1. The standard InChI is InChI=1S/C19H17F2N5O/c1-11-10-17(25-18-15(20)4-3-5-16(18)21)26-19(22-11)24-14-8-6-13(7-9-14)23-12(2)27/h3-10H,1-2H3,(H,23,27)(H2,22,24,25,26). The zero-order chi connectivity index (χ0) is 19.4. The third-order valence-corrected chi connectivity index (χ3v) is 3.53. The molecule has 8 heteroatoms. The molecule has 0 aliphatic carbocycles. The number of rotatable bonds is 5. The Labute approximate surface area is 154 Å². The molecule has 3 N–H and O–H groups in total. The molecule has 0 fully saturated rings. The van der Waals surface area contributed by atoms with Crippen molar-refractivity contribution in [1.82, 2.24) is 9.97 Å². The molecule has 1 amide bonds. The van der Waals surface area contributed by atoms with Crippen LogP contribution in [0.3, 0.4) is 0 Å². The van der Waals surface area contributed by atoms with E-state index in [1.54, 1.807) is 37.3 Å².